The Labute approximate surface area is 463 Å². The molecule has 3 fully saturated rings. The van der Waals surface area contributed by atoms with Gasteiger partial charge in [-0.15, -0.1) is 0 Å². The zero-order valence-corrected chi connectivity index (χ0v) is 46.8. The lowest BCUT2D eigenvalue weighted by Gasteiger charge is -2.40. The van der Waals surface area contributed by atoms with Crippen molar-refractivity contribution in [1.82, 2.24) is 35.2 Å². The normalized spacial score (nSPS) is 18.8. The highest BCUT2D eigenvalue weighted by Crippen LogP contribution is 2.42. The van der Waals surface area contributed by atoms with Gasteiger partial charge >= 0.3 is 30.2 Å². The Kier molecular flexibility index (Phi) is 20.5. The van der Waals surface area contributed by atoms with Crippen LogP contribution in [0.15, 0.2) is 83.1 Å². The van der Waals surface area contributed by atoms with Crippen LogP contribution in [-0.2, 0) is 56.4 Å². The van der Waals surface area contributed by atoms with Crippen molar-refractivity contribution in [2.24, 2.45) is 0 Å². The fraction of sp³-hybridized carbons (Fsp3) is 0.585. The summed E-state index contributed by atoms with van der Waals surface area (Å²) in [6.45, 7) is 12.5. The molecular weight excluding hydrogens is 1130 g/mol. The summed E-state index contributed by atoms with van der Waals surface area (Å²) in [6.07, 6.45) is -8.86. The van der Waals surface area contributed by atoms with Crippen molar-refractivity contribution in [3.8, 4) is 22.5 Å². The van der Waals surface area contributed by atoms with E-state index in [-0.39, 0.29) is 58.2 Å². The third kappa shape index (κ3) is 15.2. The molecule has 4 aromatic rings. The van der Waals surface area contributed by atoms with E-state index in [1.807, 2.05) is 13.8 Å². The third-order valence-electron chi connectivity index (χ3n) is 14.4. The van der Waals surface area contributed by atoms with E-state index < -0.39 is 103 Å². The van der Waals surface area contributed by atoms with E-state index in [1.54, 1.807) is 20.8 Å². The first-order chi connectivity index (χ1) is 37.7. The Bertz CT molecular complexity index is 2960. The number of aromatic nitrogens is 4. The Hall–Kier alpha value is -5.42. The number of rotatable bonds is 18. The van der Waals surface area contributed by atoms with Crippen LogP contribution in [0.1, 0.15) is 104 Å². The molecule has 1 amide bonds. The Morgan fingerprint density at radius 2 is 1.02 bits per heavy atom. The summed E-state index contributed by atoms with van der Waals surface area (Å²) < 4.78 is 190. The smallest absolute Gasteiger partial charge is 0.453 e. The Morgan fingerprint density at radius 1 is 0.617 bits per heavy atom. The lowest BCUT2D eigenvalue weighted by atomic mass is 9.95. The fourth-order valence-electron chi connectivity index (χ4n) is 9.23. The largest absolute Gasteiger partial charge is 0.459 e. The molecule has 81 heavy (non-hydrogen) atoms. The average Bonchev–Trinajstić information content (AvgIpc) is 3.64. The van der Waals surface area contributed by atoms with Crippen LogP contribution in [0.4, 0.5) is 43.9 Å². The third-order valence-corrected chi connectivity index (χ3v) is 19.4. The van der Waals surface area contributed by atoms with Gasteiger partial charge in [-0.3, -0.25) is 29.5 Å². The summed E-state index contributed by atoms with van der Waals surface area (Å²) in [4.78, 5) is 52.2. The first-order valence-corrected chi connectivity index (χ1v) is 29.1. The summed E-state index contributed by atoms with van der Waals surface area (Å²) in [5.41, 5.74) is 2.79. The van der Waals surface area contributed by atoms with Crippen molar-refractivity contribution < 1.29 is 84.6 Å². The highest BCUT2D eigenvalue weighted by Gasteiger charge is 2.58. The molecule has 0 bridgehead atoms. The number of carbonyl (C=O) groups is 2. The van der Waals surface area contributed by atoms with Gasteiger partial charge in [0.05, 0.1) is 45.0 Å². The highest BCUT2D eigenvalue weighted by atomic mass is 32.2. The number of piperidine rings is 2. The molecule has 3 saturated heterocycles. The van der Waals surface area contributed by atoms with Crippen LogP contribution < -0.4 is 5.48 Å². The minimum Gasteiger partial charge on any atom is -0.459 e. The molecule has 0 aliphatic carbocycles. The lowest BCUT2D eigenvalue weighted by Crippen LogP contribution is -2.58. The number of hydrogen-bond donors (Lipinski definition) is 1. The number of alkyl halides is 10. The van der Waals surface area contributed by atoms with Crippen molar-refractivity contribution >= 4 is 31.6 Å². The Morgan fingerprint density at radius 3 is 1.37 bits per heavy atom. The molecule has 0 radical (unpaired) electrons. The van der Waals surface area contributed by atoms with E-state index in [2.05, 4.69) is 35.2 Å². The molecule has 0 spiro atoms. The van der Waals surface area contributed by atoms with Crippen LogP contribution in [0.3, 0.4) is 0 Å². The van der Waals surface area contributed by atoms with E-state index in [4.69, 9.17) is 14.3 Å². The van der Waals surface area contributed by atoms with Crippen molar-refractivity contribution in [1.29, 1.82) is 0 Å². The number of hydroxylamine groups is 1. The molecule has 5 heterocycles. The molecule has 2 aromatic heterocycles. The number of hydrogen-bond acceptors (Lipinski definition) is 15. The monoisotopic (exact) mass is 1200 g/mol. The minimum absolute atomic E-state index is 0.0420. The molecule has 28 heteroatoms. The predicted octanol–water partition coefficient (Wildman–Crippen LogP) is 9.72. The number of esters is 1. The van der Waals surface area contributed by atoms with E-state index in [0.29, 0.717) is 56.9 Å². The van der Waals surface area contributed by atoms with Gasteiger partial charge in [-0.2, -0.15) is 43.9 Å². The SMILES string of the molecule is CCN1CCC(C(=O)NOC2CCCCO2)(S(=O)(=O)c2ccc(-c3cnc(CCC(F)(F)C(F)(F)F)cn3)cc2)CC1.CCN1CCC(C(=O)OC(C)(C)C)(S(=O)(=O)c2ccc(-c3cnc(CCC(F)(F)C(F)(F)F)cn3)cc2)CC1. The van der Waals surface area contributed by atoms with E-state index in [1.165, 1.54) is 60.9 Å². The molecule has 7 rings (SSSR count). The number of benzene rings is 2. The highest BCUT2D eigenvalue weighted by molar-refractivity contribution is 7.94. The van der Waals surface area contributed by atoms with E-state index >= 15 is 0 Å². The maximum Gasteiger partial charge on any atom is 0.453 e. The molecule has 2 aromatic carbocycles. The van der Waals surface area contributed by atoms with Gasteiger partial charge in [0, 0.05) is 75.6 Å². The van der Waals surface area contributed by atoms with Gasteiger partial charge in [-0.05, 0) is 109 Å². The zero-order chi connectivity index (χ0) is 59.9. The van der Waals surface area contributed by atoms with Crippen molar-refractivity contribution in [3.05, 3.63) is 84.7 Å². The summed E-state index contributed by atoms with van der Waals surface area (Å²) in [5.74, 6) is -11.2. The van der Waals surface area contributed by atoms with Gasteiger partial charge in [-0.1, -0.05) is 38.1 Å². The molecule has 1 atom stereocenters. The maximum absolute atomic E-state index is 14.0. The van der Waals surface area contributed by atoms with Gasteiger partial charge in [0.2, 0.25) is 0 Å². The second kappa shape index (κ2) is 25.6. The lowest BCUT2D eigenvalue weighted by molar-refractivity contribution is -0.284. The molecular formula is C53H65F10N7O9S2. The predicted molar refractivity (Wildman–Crippen MR) is 275 cm³/mol. The number of sulfone groups is 2. The van der Waals surface area contributed by atoms with Crippen LogP contribution in [0.25, 0.3) is 22.5 Å². The number of halogens is 10. The first kappa shape index (κ1) is 64.7. The molecule has 1 unspecified atom stereocenters. The molecule has 3 aliphatic heterocycles. The number of ether oxygens (including phenoxy) is 2. The van der Waals surface area contributed by atoms with Crippen molar-refractivity contribution in [2.45, 2.75) is 161 Å². The van der Waals surface area contributed by atoms with Crippen molar-refractivity contribution in [3.63, 3.8) is 0 Å². The standard InChI is InChI=1S/C27H33F5N4O5S.C26H32F5N3O4S/c1-2-36-14-12-25(13-15-36,24(37)35-41-23-5-3-4-16-40-23)42(38,39)21-8-6-19(7-9-21)22-18-33-20(17-34-22)10-11-26(28,29)27(30,31)32;1-5-34-14-12-24(13-15-34,22(35)38-23(2,3)4)39(36,37)20-8-6-18(7-9-20)21-17-32-19(16-33-21)10-11-25(27,28)26(29,30)31/h6-9,17-18,23H,2-5,10-16H2,1H3,(H,35,37);6-9,16-17H,5,10-15H2,1-4H3. The van der Waals surface area contributed by atoms with Gasteiger partial charge in [0.1, 0.15) is 5.60 Å². The first-order valence-electron chi connectivity index (χ1n) is 26.2. The van der Waals surface area contributed by atoms with Gasteiger partial charge < -0.3 is 19.3 Å². The molecule has 16 nitrogen and oxygen atoms in total. The topological polar surface area (TPSA) is 200 Å². The van der Waals surface area contributed by atoms with Crippen LogP contribution in [0.2, 0.25) is 0 Å². The number of nitrogens with one attached hydrogen (secondary N) is 1. The number of carbonyl (C=O) groups excluding carboxylic acids is 2. The summed E-state index contributed by atoms with van der Waals surface area (Å²) in [7, 11) is -8.37. The zero-order valence-electron chi connectivity index (χ0n) is 45.2. The van der Waals surface area contributed by atoms with Gasteiger partial charge in [-0.25, -0.2) is 27.2 Å². The summed E-state index contributed by atoms with van der Waals surface area (Å²) in [6, 6.07) is 11.3. The molecule has 448 valence electrons. The fourth-order valence-corrected chi connectivity index (χ4v) is 13.1. The Balaban J connectivity index is 0.000000262. The van der Waals surface area contributed by atoms with Crippen molar-refractivity contribution in [2.75, 3.05) is 45.9 Å². The second-order valence-corrected chi connectivity index (χ2v) is 25.5. The van der Waals surface area contributed by atoms with Gasteiger partial charge in [0.15, 0.2) is 35.5 Å². The molecule has 0 saturated carbocycles. The molecule has 3 aliphatic rings. The van der Waals surface area contributed by atoms with Crippen LogP contribution in [0, 0.1) is 0 Å². The number of likely N-dealkylation sites (tertiary alicyclic amines) is 2. The quantitative estimate of drug-likeness (QED) is 0.0560. The summed E-state index contributed by atoms with van der Waals surface area (Å²) in [5, 5.41) is 0. The van der Waals surface area contributed by atoms with E-state index in [0.717, 1.165) is 31.8 Å². The average molecular weight is 1200 g/mol. The number of amides is 1. The number of aryl methyl sites for hydroxylation is 2. The van der Waals surface area contributed by atoms with Crippen LogP contribution in [-0.4, -0.2) is 150 Å². The maximum atomic E-state index is 14.0. The van der Waals surface area contributed by atoms with Gasteiger partial charge in [0.25, 0.3) is 5.91 Å². The second-order valence-electron chi connectivity index (χ2n) is 21.0. The van der Waals surface area contributed by atoms with Crippen LogP contribution in [0.5, 0.6) is 0 Å². The van der Waals surface area contributed by atoms with Crippen LogP contribution >= 0.6 is 0 Å². The number of nitrogens with zero attached hydrogens (tertiary/aromatic N) is 6. The molecule has 1 N–H and O–H groups in total. The summed E-state index contributed by atoms with van der Waals surface area (Å²) >= 11 is 0. The minimum atomic E-state index is -5.65. The van der Waals surface area contributed by atoms with E-state index in [9.17, 15) is 70.3 Å².